The molecule has 1 aromatic carbocycles. The molecule has 1 aliphatic heterocycles. The van der Waals surface area contributed by atoms with Gasteiger partial charge in [0, 0.05) is 18.7 Å². The number of rotatable bonds is 6. The Morgan fingerprint density at radius 1 is 1.45 bits per heavy atom. The summed E-state index contributed by atoms with van der Waals surface area (Å²) in [6, 6.07) is 5.54. The maximum absolute atomic E-state index is 12.1. The highest BCUT2D eigenvalue weighted by Gasteiger charge is 2.15. The molecule has 1 heterocycles. The molecule has 2 rings (SSSR count). The normalized spacial score (nSPS) is 19.0. The Kier molecular flexibility index (Phi) is 6.25. The van der Waals surface area contributed by atoms with Gasteiger partial charge in [-0.15, -0.1) is 0 Å². The lowest BCUT2D eigenvalue weighted by atomic mass is 10.0. The molecule has 1 aromatic rings. The molecule has 0 bridgehead atoms. The van der Waals surface area contributed by atoms with Crippen LogP contribution in [0.1, 0.15) is 42.1 Å². The van der Waals surface area contributed by atoms with E-state index < -0.39 is 0 Å². The van der Waals surface area contributed by atoms with Gasteiger partial charge in [-0.05, 0) is 69.0 Å². The molecule has 0 radical (unpaired) electrons. The first-order valence-corrected chi connectivity index (χ1v) is 8.25. The molecule has 1 amide bonds. The molecule has 0 aliphatic carbocycles. The summed E-state index contributed by atoms with van der Waals surface area (Å²) in [6.45, 7) is 8.48. The lowest BCUT2D eigenvalue weighted by molar-refractivity contribution is 0.0950. The van der Waals surface area contributed by atoms with Crippen molar-refractivity contribution in [2.75, 3.05) is 33.3 Å². The van der Waals surface area contributed by atoms with Gasteiger partial charge in [0.1, 0.15) is 5.75 Å². The van der Waals surface area contributed by atoms with Crippen LogP contribution >= 0.6 is 0 Å². The SMILES string of the molecule is COc1ccc(C(=O)NCCCN2CCC[C@@H](C)C2)cc1C. The van der Waals surface area contributed by atoms with Gasteiger partial charge in [-0.25, -0.2) is 0 Å². The number of hydrogen-bond donors (Lipinski definition) is 1. The number of hydrogen-bond acceptors (Lipinski definition) is 3. The number of benzene rings is 1. The van der Waals surface area contributed by atoms with Crippen molar-refractivity contribution in [3.63, 3.8) is 0 Å². The van der Waals surface area contributed by atoms with E-state index in [4.69, 9.17) is 4.74 Å². The topological polar surface area (TPSA) is 41.6 Å². The average molecular weight is 304 g/mol. The van der Waals surface area contributed by atoms with E-state index in [1.807, 2.05) is 25.1 Å². The number of likely N-dealkylation sites (tertiary alicyclic amines) is 1. The third kappa shape index (κ3) is 4.73. The highest BCUT2D eigenvalue weighted by atomic mass is 16.5. The van der Waals surface area contributed by atoms with E-state index in [0.29, 0.717) is 5.56 Å². The van der Waals surface area contributed by atoms with Gasteiger partial charge in [-0.1, -0.05) is 6.92 Å². The van der Waals surface area contributed by atoms with Crippen LogP contribution in [0.25, 0.3) is 0 Å². The number of piperidine rings is 1. The van der Waals surface area contributed by atoms with Crippen LogP contribution in [0.4, 0.5) is 0 Å². The Hall–Kier alpha value is -1.55. The van der Waals surface area contributed by atoms with Crippen LogP contribution in [0.2, 0.25) is 0 Å². The number of carbonyl (C=O) groups is 1. The Morgan fingerprint density at radius 3 is 2.95 bits per heavy atom. The lowest BCUT2D eigenvalue weighted by Crippen LogP contribution is -2.36. The standard InChI is InChI=1S/C18H28N2O2/c1-14-6-4-10-20(13-14)11-5-9-19-18(21)16-7-8-17(22-3)15(2)12-16/h7-8,12,14H,4-6,9-11,13H2,1-3H3,(H,19,21)/t14-/m1/s1. The second-order valence-corrected chi connectivity index (χ2v) is 6.34. The van der Waals surface area contributed by atoms with E-state index in [-0.39, 0.29) is 5.91 Å². The van der Waals surface area contributed by atoms with Crippen molar-refractivity contribution in [2.45, 2.75) is 33.1 Å². The summed E-state index contributed by atoms with van der Waals surface area (Å²) in [5.41, 5.74) is 1.68. The van der Waals surface area contributed by atoms with Crippen molar-refractivity contribution in [3.05, 3.63) is 29.3 Å². The van der Waals surface area contributed by atoms with Gasteiger partial charge >= 0.3 is 0 Å². The minimum absolute atomic E-state index is 0.00207. The first-order valence-electron chi connectivity index (χ1n) is 8.25. The molecule has 122 valence electrons. The van der Waals surface area contributed by atoms with Gasteiger partial charge in [0.15, 0.2) is 0 Å². The molecule has 22 heavy (non-hydrogen) atoms. The van der Waals surface area contributed by atoms with Crippen LogP contribution in [0.15, 0.2) is 18.2 Å². The Bertz CT molecular complexity index is 502. The first kappa shape index (κ1) is 16.8. The van der Waals surface area contributed by atoms with Crippen molar-refractivity contribution in [1.82, 2.24) is 10.2 Å². The minimum atomic E-state index is -0.00207. The molecule has 1 fully saturated rings. The molecule has 4 nitrogen and oxygen atoms in total. The number of nitrogens with one attached hydrogen (secondary N) is 1. The van der Waals surface area contributed by atoms with Crippen LogP contribution < -0.4 is 10.1 Å². The monoisotopic (exact) mass is 304 g/mol. The second-order valence-electron chi connectivity index (χ2n) is 6.34. The summed E-state index contributed by atoms with van der Waals surface area (Å²) < 4.78 is 5.22. The fourth-order valence-electron chi connectivity index (χ4n) is 3.12. The van der Waals surface area contributed by atoms with E-state index in [9.17, 15) is 4.79 Å². The fraction of sp³-hybridized carbons (Fsp3) is 0.611. The molecule has 0 unspecified atom stereocenters. The lowest BCUT2D eigenvalue weighted by Gasteiger charge is -2.30. The first-order chi connectivity index (χ1) is 10.6. The summed E-state index contributed by atoms with van der Waals surface area (Å²) in [7, 11) is 1.64. The number of methoxy groups -OCH3 is 1. The summed E-state index contributed by atoms with van der Waals surface area (Å²) in [4.78, 5) is 14.6. The third-order valence-corrected chi connectivity index (χ3v) is 4.33. The predicted octanol–water partition coefficient (Wildman–Crippen LogP) is 2.86. The molecule has 0 saturated carbocycles. The summed E-state index contributed by atoms with van der Waals surface area (Å²) in [5.74, 6) is 1.62. The van der Waals surface area contributed by atoms with Crippen LogP contribution in [-0.2, 0) is 0 Å². The van der Waals surface area contributed by atoms with Crippen LogP contribution in [-0.4, -0.2) is 44.1 Å². The van der Waals surface area contributed by atoms with Crippen molar-refractivity contribution >= 4 is 5.91 Å². The van der Waals surface area contributed by atoms with Gasteiger partial charge in [-0.3, -0.25) is 4.79 Å². The average Bonchev–Trinajstić information content (AvgIpc) is 2.51. The van der Waals surface area contributed by atoms with Gasteiger partial charge in [0.05, 0.1) is 7.11 Å². The predicted molar refractivity (Wildman–Crippen MR) is 89.5 cm³/mol. The van der Waals surface area contributed by atoms with E-state index in [1.165, 1.54) is 25.9 Å². The van der Waals surface area contributed by atoms with E-state index >= 15 is 0 Å². The van der Waals surface area contributed by atoms with Gasteiger partial charge in [-0.2, -0.15) is 0 Å². The number of aryl methyl sites for hydroxylation is 1. The van der Waals surface area contributed by atoms with E-state index in [0.717, 1.165) is 36.7 Å². The quantitative estimate of drug-likeness (QED) is 0.822. The van der Waals surface area contributed by atoms with Crippen molar-refractivity contribution in [1.29, 1.82) is 0 Å². The summed E-state index contributed by atoms with van der Waals surface area (Å²) >= 11 is 0. The Morgan fingerprint density at radius 2 is 2.27 bits per heavy atom. The summed E-state index contributed by atoms with van der Waals surface area (Å²) in [6.07, 6.45) is 3.66. The minimum Gasteiger partial charge on any atom is -0.496 e. The van der Waals surface area contributed by atoms with Gasteiger partial charge in [0.25, 0.3) is 5.91 Å². The van der Waals surface area contributed by atoms with Gasteiger partial charge < -0.3 is 15.0 Å². The summed E-state index contributed by atoms with van der Waals surface area (Å²) in [5, 5.41) is 3.01. The fourth-order valence-corrected chi connectivity index (χ4v) is 3.12. The molecule has 1 aliphatic rings. The van der Waals surface area contributed by atoms with Crippen molar-refractivity contribution in [3.8, 4) is 5.75 Å². The molecule has 1 saturated heterocycles. The number of ether oxygens (including phenoxy) is 1. The Balaban J connectivity index is 1.72. The van der Waals surface area contributed by atoms with Crippen LogP contribution in [0.5, 0.6) is 5.75 Å². The smallest absolute Gasteiger partial charge is 0.251 e. The number of amides is 1. The largest absolute Gasteiger partial charge is 0.496 e. The van der Waals surface area contributed by atoms with Crippen molar-refractivity contribution < 1.29 is 9.53 Å². The highest BCUT2D eigenvalue weighted by molar-refractivity contribution is 5.94. The van der Waals surface area contributed by atoms with E-state index in [2.05, 4.69) is 17.1 Å². The number of carbonyl (C=O) groups excluding carboxylic acids is 1. The molecule has 1 N–H and O–H groups in total. The zero-order valence-corrected chi connectivity index (χ0v) is 14.0. The van der Waals surface area contributed by atoms with Crippen molar-refractivity contribution in [2.24, 2.45) is 5.92 Å². The third-order valence-electron chi connectivity index (χ3n) is 4.33. The van der Waals surface area contributed by atoms with Crippen LogP contribution in [0.3, 0.4) is 0 Å². The van der Waals surface area contributed by atoms with Crippen LogP contribution in [0, 0.1) is 12.8 Å². The molecule has 0 aromatic heterocycles. The number of nitrogens with zero attached hydrogens (tertiary/aromatic N) is 1. The van der Waals surface area contributed by atoms with E-state index in [1.54, 1.807) is 7.11 Å². The highest BCUT2D eigenvalue weighted by Crippen LogP contribution is 2.18. The molecule has 0 spiro atoms. The molecular weight excluding hydrogens is 276 g/mol. The molecule has 4 heteroatoms. The maximum atomic E-state index is 12.1. The second kappa shape index (κ2) is 8.18. The van der Waals surface area contributed by atoms with Gasteiger partial charge in [0.2, 0.25) is 0 Å². The molecule has 1 atom stereocenters. The zero-order chi connectivity index (χ0) is 15.9. The Labute approximate surface area is 133 Å². The molecular formula is C18H28N2O2. The maximum Gasteiger partial charge on any atom is 0.251 e. The zero-order valence-electron chi connectivity index (χ0n) is 14.0.